The molecule has 0 bridgehead atoms. The maximum atomic E-state index is 12.5. The van der Waals surface area contributed by atoms with Crippen molar-refractivity contribution in [3.05, 3.63) is 34.2 Å². The van der Waals surface area contributed by atoms with Gasteiger partial charge in [-0.15, -0.1) is 0 Å². The predicted molar refractivity (Wildman–Crippen MR) is 67.3 cm³/mol. The van der Waals surface area contributed by atoms with Crippen LogP contribution in [0.15, 0.2) is 16.7 Å². The molecule has 2 aromatic heterocycles. The maximum absolute atomic E-state index is 12.5. The second kappa shape index (κ2) is 4.88. The number of aromatic nitrogens is 1. The smallest absolute Gasteiger partial charge is 0.427 e. The molecular formula is C12H13F3N2OS. The summed E-state index contributed by atoms with van der Waals surface area (Å²) < 4.78 is 42.8. The fourth-order valence-electron chi connectivity index (χ4n) is 1.82. The summed E-state index contributed by atoms with van der Waals surface area (Å²) in [6, 6.07) is 1.70. The number of hydrogen-bond donors (Lipinski definition) is 1. The molecule has 0 spiro atoms. The Hall–Kier alpha value is -1.50. The zero-order valence-corrected chi connectivity index (χ0v) is 11.4. The van der Waals surface area contributed by atoms with Crippen molar-refractivity contribution >= 4 is 16.5 Å². The van der Waals surface area contributed by atoms with Gasteiger partial charge in [-0.05, 0) is 26.8 Å². The summed E-state index contributed by atoms with van der Waals surface area (Å²) >= 11 is 0.598. The average Bonchev–Trinajstić information content (AvgIpc) is 2.84. The molecule has 0 aliphatic rings. The Morgan fingerprint density at radius 2 is 2.05 bits per heavy atom. The van der Waals surface area contributed by atoms with Gasteiger partial charge in [0.25, 0.3) is 0 Å². The lowest BCUT2D eigenvalue weighted by Crippen LogP contribution is -2.06. The van der Waals surface area contributed by atoms with E-state index >= 15 is 0 Å². The van der Waals surface area contributed by atoms with Gasteiger partial charge in [-0.3, -0.25) is 0 Å². The number of anilines is 1. The van der Waals surface area contributed by atoms with E-state index in [4.69, 9.17) is 4.42 Å². The van der Waals surface area contributed by atoms with E-state index in [-0.39, 0.29) is 11.2 Å². The number of nitrogens with one attached hydrogen (secondary N) is 1. The highest BCUT2D eigenvalue weighted by Crippen LogP contribution is 2.36. The second-order valence-electron chi connectivity index (χ2n) is 4.26. The summed E-state index contributed by atoms with van der Waals surface area (Å²) in [6.45, 7) is 5.50. The van der Waals surface area contributed by atoms with E-state index < -0.39 is 11.1 Å². The topological polar surface area (TPSA) is 38.1 Å². The molecule has 0 fully saturated rings. The lowest BCUT2D eigenvalue weighted by Gasteiger charge is -2.11. The Morgan fingerprint density at radius 3 is 2.53 bits per heavy atom. The minimum absolute atomic E-state index is 0.162. The first-order valence-corrected chi connectivity index (χ1v) is 6.45. The molecule has 0 aromatic carbocycles. The minimum atomic E-state index is -4.34. The van der Waals surface area contributed by atoms with Crippen molar-refractivity contribution in [2.24, 2.45) is 0 Å². The number of thiazole rings is 1. The van der Waals surface area contributed by atoms with Gasteiger partial charge in [0.05, 0.1) is 12.2 Å². The monoisotopic (exact) mass is 290 g/mol. The van der Waals surface area contributed by atoms with Crippen LogP contribution < -0.4 is 5.32 Å². The highest BCUT2D eigenvalue weighted by Gasteiger charge is 2.33. The summed E-state index contributed by atoms with van der Waals surface area (Å²) in [4.78, 5) is 3.04. The van der Waals surface area contributed by atoms with Gasteiger partial charge >= 0.3 is 6.18 Å². The molecule has 19 heavy (non-hydrogen) atoms. The molecule has 1 N–H and O–H groups in total. The molecule has 0 saturated carbocycles. The number of alkyl halides is 3. The Bertz CT molecular complexity index is 574. The first-order chi connectivity index (χ1) is 8.77. The van der Waals surface area contributed by atoms with Crippen molar-refractivity contribution < 1.29 is 17.6 Å². The van der Waals surface area contributed by atoms with Crippen LogP contribution in [-0.2, 0) is 6.18 Å². The molecular weight excluding hydrogens is 277 g/mol. The van der Waals surface area contributed by atoms with Crippen molar-refractivity contribution in [2.45, 2.75) is 33.0 Å². The fourth-order valence-corrected chi connectivity index (χ4v) is 2.59. The molecule has 0 radical (unpaired) electrons. The van der Waals surface area contributed by atoms with Gasteiger partial charge in [-0.25, -0.2) is 4.98 Å². The standard InChI is InChI=1S/C12H13F3N2OS/c1-6-4-9(8(3)18-6)7(2)17-11-16-5-10(19-11)12(13,14)15/h4-5,7H,1-3H3,(H,16,17). The van der Waals surface area contributed by atoms with Crippen LogP contribution in [0.2, 0.25) is 0 Å². The molecule has 0 amide bonds. The van der Waals surface area contributed by atoms with Crippen molar-refractivity contribution in [2.75, 3.05) is 5.32 Å². The lowest BCUT2D eigenvalue weighted by molar-refractivity contribution is -0.134. The molecule has 2 heterocycles. The fraction of sp³-hybridized carbons (Fsp3) is 0.417. The van der Waals surface area contributed by atoms with Gasteiger partial charge in [0.1, 0.15) is 16.4 Å². The molecule has 3 nitrogen and oxygen atoms in total. The molecule has 104 valence electrons. The molecule has 1 atom stereocenters. The zero-order valence-electron chi connectivity index (χ0n) is 10.6. The van der Waals surface area contributed by atoms with Gasteiger partial charge in [0.15, 0.2) is 5.13 Å². The molecule has 0 aliphatic heterocycles. The summed E-state index contributed by atoms with van der Waals surface area (Å²) in [5, 5.41) is 3.20. The van der Waals surface area contributed by atoms with Gasteiger partial charge < -0.3 is 9.73 Å². The summed E-state index contributed by atoms with van der Waals surface area (Å²) in [5.41, 5.74) is 0.918. The van der Waals surface area contributed by atoms with Crippen molar-refractivity contribution in [3.8, 4) is 0 Å². The number of furan rings is 1. The van der Waals surface area contributed by atoms with Crippen LogP contribution in [0.5, 0.6) is 0 Å². The third kappa shape index (κ3) is 3.09. The van der Waals surface area contributed by atoms with Gasteiger partial charge in [0.2, 0.25) is 0 Å². The third-order valence-electron chi connectivity index (χ3n) is 2.67. The molecule has 2 aromatic rings. The zero-order chi connectivity index (χ0) is 14.2. The Morgan fingerprint density at radius 1 is 1.37 bits per heavy atom. The predicted octanol–water partition coefficient (Wildman–Crippen LogP) is 4.54. The van der Waals surface area contributed by atoms with Crippen LogP contribution in [-0.4, -0.2) is 4.98 Å². The maximum Gasteiger partial charge on any atom is 0.427 e. The second-order valence-corrected chi connectivity index (χ2v) is 5.29. The van der Waals surface area contributed by atoms with E-state index in [1.807, 2.05) is 26.8 Å². The number of halogens is 3. The summed E-state index contributed by atoms with van der Waals surface area (Å²) in [5.74, 6) is 1.53. The molecule has 7 heteroatoms. The normalized spacial score (nSPS) is 13.6. The molecule has 0 aliphatic carbocycles. The van der Waals surface area contributed by atoms with Crippen LogP contribution in [0.25, 0.3) is 0 Å². The van der Waals surface area contributed by atoms with Gasteiger partial charge in [-0.2, -0.15) is 13.2 Å². The van der Waals surface area contributed by atoms with Crippen LogP contribution in [0.3, 0.4) is 0 Å². The van der Waals surface area contributed by atoms with E-state index in [1.54, 1.807) is 0 Å². The van der Waals surface area contributed by atoms with Gasteiger partial charge in [0, 0.05) is 5.56 Å². The first kappa shape index (κ1) is 13.9. The largest absolute Gasteiger partial charge is 0.466 e. The number of nitrogens with zero attached hydrogens (tertiary/aromatic N) is 1. The quantitative estimate of drug-likeness (QED) is 0.901. The SMILES string of the molecule is Cc1cc(C(C)Nc2ncc(C(F)(F)F)s2)c(C)o1. The highest BCUT2D eigenvalue weighted by molar-refractivity contribution is 7.15. The minimum Gasteiger partial charge on any atom is -0.466 e. The lowest BCUT2D eigenvalue weighted by atomic mass is 10.1. The van der Waals surface area contributed by atoms with E-state index in [0.717, 1.165) is 23.3 Å². The Balaban J connectivity index is 2.13. The number of aryl methyl sites for hydroxylation is 2. The molecule has 0 saturated heterocycles. The Kier molecular flexibility index (Phi) is 3.58. The van der Waals surface area contributed by atoms with Crippen LogP contribution in [0.4, 0.5) is 18.3 Å². The summed E-state index contributed by atoms with van der Waals surface area (Å²) in [6.07, 6.45) is -3.50. The van der Waals surface area contributed by atoms with E-state index in [1.165, 1.54) is 0 Å². The Labute approximate surface area is 112 Å². The third-order valence-corrected chi connectivity index (χ3v) is 3.64. The number of hydrogen-bond acceptors (Lipinski definition) is 4. The first-order valence-electron chi connectivity index (χ1n) is 5.64. The van der Waals surface area contributed by atoms with E-state index in [9.17, 15) is 13.2 Å². The number of rotatable bonds is 3. The molecule has 2 rings (SSSR count). The van der Waals surface area contributed by atoms with Crippen molar-refractivity contribution in [1.82, 2.24) is 4.98 Å². The van der Waals surface area contributed by atoms with Crippen LogP contribution >= 0.6 is 11.3 Å². The van der Waals surface area contributed by atoms with E-state index in [0.29, 0.717) is 11.3 Å². The average molecular weight is 290 g/mol. The van der Waals surface area contributed by atoms with Crippen LogP contribution in [0, 0.1) is 13.8 Å². The van der Waals surface area contributed by atoms with E-state index in [2.05, 4.69) is 10.3 Å². The highest BCUT2D eigenvalue weighted by atomic mass is 32.1. The van der Waals surface area contributed by atoms with Crippen molar-refractivity contribution in [1.29, 1.82) is 0 Å². The summed E-state index contributed by atoms with van der Waals surface area (Å²) in [7, 11) is 0. The van der Waals surface area contributed by atoms with Crippen molar-refractivity contribution in [3.63, 3.8) is 0 Å². The van der Waals surface area contributed by atoms with Crippen LogP contribution in [0.1, 0.15) is 34.9 Å². The molecule has 1 unspecified atom stereocenters. The van der Waals surface area contributed by atoms with Gasteiger partial charge in [-0.1, -0.05) is 11.3 Å².